The normalized spacial score (nSPS) is 12.2. The molecule has 3 nitrogen and oxygen atoms in total. The van der Waals surface area contributed by atoms with Crippen LogP contribution >= 0.6 is 11.3 Å². The zero-order valence-electron chi connectivity index (χ0n) is 16.9. The number of thiazole rings is 1. The summed E-state index contributed by atoms with van der Waals surface area (Å²) in [5.41, 5.74) is 5.34. The zero-order valence-corrected chi connectivity index (χ0v) is 17.7. The van der Waals surface area contributed by atoms with Crippen molar-refractivity contribution < 1.29 is 4.42 Å². The Morgan fingerprint density at radius 2 is 1.61 bits per heavy atom. The predicted molar refractivity (Wildman–Crippen MR) is 129 cm³/mol. The van der Waals surface area contributed by atoms with E-state index >= 15 is 0 Å². The lowest BCUT2D eigenvalue weighted by Crippen LogP contribution is -2.05. The number of aryl methyl sites for hydroxylation is 1. The molecule has 6 rings (SSSR count). The molecule has 148 valence electrons. The molecule has 0 unspecified atom stereocenters. The summed E-state index contributed by atoms with van der Waals surface area (Å²) >= 11 is 1.66. The monoisotopic (exact) mass is 418 g/mol. The number of aromatic nitrogens is 1. The summed E-state index contributed by atoms with van der Waals surface area (Å²) in [4.78, 5) is 9.74. The predicted octanol–water partition coefficient (Wildman–Crippen LogP) is 7.40. The second-order valence-corrected chi connectivity index (χ2v) is 8.63. The van der Waals surface area contributed by atoms with Gasteiger partial charge < -0.3 is 4.42 Å². The van der Waals surface area contributed by atoms with E-state index in [2.05, 4.69) is 61.5 Å². The van der Waals surface area contributed by atoms with E-state index in [-0.39, 0.29) is 0 Å². The maximum absolute atomic E-state index is 6.39. The second-order valence-electron chi connectivity index (χ2n) is 7.60. The van der Waals surface area contributed by atoms with Crippen molar-refractivity contribution >= 4 is 49.0 Å². The fourth-order valence-electron chi connectivity index (χ4n) is 3.84. The number of benzene rings is 4. The van der Waals surface area contributed by atoms with E-state index < -0.39 is 0 Å². The van der Waals surface area contributed by atoms with E-state index in [1.807, 2.05) is 36.4 Å². The Bertz CT molecular complexity index is 1610. The first-order valence-electron chi connectivity index (χ1n) is 10.2. The summed E-state index contributed by atoms with van der Waals surface area (Å²) < 4.78 is 7.54. The molecule has 6 aromatic rings. The Morgan fingerprint density at radius 1 is 0.806 bits per heavy atom. The van der Waals surface area contributed by atoms with Crippen LogP contribution in [0.15, 0.2) is 100 Å². The van der Waals surface area contributed by atoms with E-state index in [0.29, 0.717) is 5.55 Å². The number of hydrogen-bond donors (Lipinski definition) is 0. The summed E-state index contributed by atoms with van der Waals surface area (Å²) in [6.07, 6.45) is 0. The van der Waals surface area contributed by atoms with Crippen LogP contribution in [0.1, 0.15) is 5.56 Å². The first-order chi connectivity index (χ1) is 15.2. The van der Waals surface area contributed by atoms with Gasteiger partial charge in [0.05, 0.1) is 21.5 Å². The maximum Gasteiger partial charge on any atom is 0.230 e. The molecule has 0 N–H and O–H groups in total. The average molecular weight is 419 g/mol. The Morgan fingerprint density at radius 3 is 2.48 bits per heavy atom. The van der Waals surface area contributed by atoms with Gasteiger partial charge >= 0.3 is 0 Å². The molecule has 0 atom stereocenters. The highest BCUT2D eigenvalue weighted by molar-refractivity contribution is 7.21. The molecule has 0 aliphatic heterocycles. The van der Waals surface area contributed by atoms with Crippen LogP contribution in [0.5, 0.6) is 0 Å². The van der Waals surface area contributed by atoms with Gasteiger partial charge in [0.25, 0.3) is 0 Å². The third kappa shape index (κ3) is 3.22. The van der Waals surface area contributed by atoms with E-state index in [4.69, 9.17) is 14.4 Å². The van der Waals surface area contributed by atoms with E-state index in [0.717, 1.165) is 42.8 Å². The fraction of sp³-hybridized carbons (Fsp3) is 0.0370. The van der Waals surface area contributed by atoms with Gasteiger partial charge in [-0.15, -0.1) is 11.3 Å². The highest BCUT2D eigenvalue weighted by Crippen LogP contribution is 2.32. The van der Waals surface area contributed by atoms with Crippen LogP contribution in [0.4, 0.5) is 5.69 Å². The lowest BCUT2D eigenvalue weighted by molar-refractivity contribution is 0.548. The lowest BCUT2D eigenvalue weighted by atomic mass is 10.0. The third-order valence-electron chi connectivity index (χ3n) is 5.45. The standard InChI is InChI=1S/C27H18N2OS/c1-17-10-13-19(14-11-17)28-26-22(27-29-23-8-4-5-9-25(23)31-27)16-21-20-7-3-2-6-18(20)12-15-24(21)30-26/h2-16H,1H3. The van der Waals surface area contributed by atoms with Crippen LogP contribution < -0.4 is 5.55 Å². The zero-order chi connectivity index (χ0) is 20.8. The van der Waals surface area contributed by atoms with Crippen molar-refractivity contribution in [1.82, 2.24) is 4.98 Å². The summed E-state index contributed by atoms with van der Waals surface area (Å²) in [5.74, 6) is 0. The Hall–Kier alpha value is -3.76. The van der Waals surface area contributed by atoms with Gasteiger partial charge in [0, 0.05) is 5.39 Å². The number of fused-ring (bicyclic) bond motifs is 4. The number of para-hydroxylation sites is 1. The van der Waals surface area contributed by atoms with E-state index in [9.17, 15) is 0 Å². The molecule has 4 heteroatoms. The molecular weight excluding hydrogens is 400 g/mol. The van der Waals surface area contributed by atoms with Crippen molar-refractivity contribution in [2.45, 2.75) is 6.92 Å². The molecular formula is C27H18N2OS. The molecule has 0 spiro atoms. The highest BCUT2D eigenvalue weighted by atomic mass is 32.1. The minimum Gasteiger partial charge on any atom is -0.438 e. The molecule has 0 aliphatic rings. The van der Waals surface area contributed by atoms with Crippen molar-refractivity contribution in [3.63, 3.8) is 0 Å². The van der Waals surface area contributed by atoms with Crippen LogP contribution in [-0.4, -0.2) is 4.98 Å². The van der Waals surface area contributed by atoms with Crippen molar-refractivity contribution in [1.29, 1.82) is 0 Å². The number of nitrogens with zero attached hydrogens (tertiary/aromatic N) is 2. The second kappa shape index (κ2) is 7.18. The molecule has 0 aliphatic carbocycles. The topological polar surface area (TPSA) is 38.4 Å². The van der Waals surface area contributed by atoms with Gasteiger partial charge in [0.1, 0.15) is 10.6 Å². The summed E-state index contributed by atoms with van der Waals surface area (Å²) in [7, 11) is 0. The Labute approximate surface area is 183 Å². The first-order valence-corrected chi connectivity index (χ1v) is 11.0. The Balaban J connectivity index is 1.69. The molecule has 0 saturated heterocycles. The first kappa shape index (κ1) is 18.0. The molecule has 0 saturated carbocycles. The van der Waals surface area contributed by atoms with Crippen molar-refractivity contribution in [3.8, 4) is 10.6 Å². The van der Waals surface area contributed by atoms with E-state index in [1.54, 1.807) is 11.3 Å². The smallest absolute Gasteiger partial charge is 0.230 e. The molecule has 2 heterocycles. The lowest BCUT2D eigenvalue weighted by Gasteiger charge is -2.06. The number of hydrogen-bond acceptors (Lipinski definition) is 4. The van der Waals surface area contributed by atoms with Crippen LogP contribution in [0.2, 0.25) is 0 Å². The van der Waals surface area contributed by atoms with Crippen LogP contribution in [0.3, 0.4) is 0 Å². The SMILES string of the molecule is Cc1ccc(N=c2oc3ccc4ccccc4c3cc2-c2nc3ccccc3s2)cc1. The van der Waals surface area contributed by atoms with Gasteiger partial charge in [-0.1, -0.05) is 60.2 Å². The fourth-order valence-corrected chi connectivity index (χ4v) is 4.81. The summed E-state index contributed by atoms with van der Waals surface area (Å²) in [6, 6.07) is 31.0. The van der Waals surface area contributed by atoms with Crippen molar-refractivity contribution in [2.75, 3.05) is 0 Å². The average Bonchev–Trinajstić information content (AvgIpc) is 3.24. The molecule has 2 aromatic heterocycles. The van der Waals surface area contributed by atoms with Crippen molar-refractivity contribution in [2.24, 2.45) is 4.99 Å². The van der Waals surface area contributed by atoms with Gasteiger partial charge in [-0.2, -0.15) is 0 Å². The summed E-state index contributed by atoms with van der Waals surface area (Å²) in [5, 5.41) is 4.32. The van der Waals surface area contributed by atoms with Gasteiger partial charge in [0.15, 0.2) is 0 Å². The van der Waals surface area contributed by atoms with Crippen molar-refractivity contribution in [3.05, 3.63) is 102 Å². The molecule has 31 heavy (non-hydrogen) atoms. The molecule has 4 aromatic carbocycles. The molecule has 0 fully saturated rings. The highest BCUT2D eigenvalue weighted by Gasteiger charge is 2.13. The van der Waals surface area contributed by atoms with Gasteiger partial charge in [0.2, 0.25) is 5.55 Å². The third-order valence-corrected chi connectivity index (χ3v) is 6.51. The number of rotatable bonds is 2. The maximum atomic E-state index is 6.39. The molecule has 0 bridgehead atoms. The Kier molecular flexibility index (Phi) is 4.18. The minimum atomic E-state index is 0.575. The van der Waals surface area contributed by atoms with Gasteiger partial charge in [-0.05, 0) is 54.1 Å². The molecule has 0 radical (unpaired) electrons. The van der Waals surface area contributed by atoms with Crippen LogP contribution in [0.25, 0.3) is 42.5 Å². The van der Waals surface area contributed by atoms with Crippen LogP contribution in [-0.2, 0) is 0 Å². The largest absolute Gasteiger partial charge is 0.438 e. The quantitative estimate of drug-likeness (QED) is 0.275. The van der Waals surface area contributed by atoms with E-state index in [1.165, 1.54) is 10.9 Å². The molecule has 0 amide bonds. The van der Waals surface area contributed by atoms with Gasteiger partial charge in [-0.25, -0.2) is 9.98 Å². The van der Waals surface area contributed by atoms with Crippen LogP contribution in [0, 0.1) is 6.92 Å². The van der Waals surface area contributed by atoms with Gasteiger partial charge in [-0.3, -0.25) is 0 Å². The summed E-state index contributed by atoms with van der Waals surface area (Å²) in [6.45, 7) is 2.07. The minimum absolute atomic E-state index is 0.575.